The molecule has 0 saturated carbocycles. The molecule has 0 spiro atoms. The van der Waals surface area contributed by atoms with Gasteiger partial charge < -0.3 is 9.74 Å². The normalized spacial score (nSPS) is 10.9. The van der Waals surface area contributed by atoms with Crippen LogP contribution in [0.3, 0.4) is 0 Å². The molecular weight excluding hydrogens is 170 g/mol. The van der Waals surface area contributed by atoms with E-state index in [-0.39, 0.29) is 5.91 Å². The van der Waals surface area contributed by atoms with Gasteiger partial charge >= 0.3 is 0 Å². The molecule has 0 saturated heterocycles. The lowest BCUT2D eigenvalue weighted by Crippen LogP contribution is -2.32. The molecule has 0 rings (SSSR count). The lowest BCUT2D eigenvalue weighted by atomic mass is 10.5. The lowest BCUT2D eigenvalue weighted by Gasteiger charge is -2.16. The molecule has 12 heavy (non-hydrogen) atoms. The summed E-state index contributed by atoms with van der Waals surface area (Å²) in [6, 6.07) is 0. The third-order valence-corrected chi connectivity index (χ3v) is 2.19. The van der Waals surface area contributed by atoms with Crippen LogP contribution in [-0.2, 0) is 9.22 Å². The Hall–Kier alpha value is -0.613. The van der Waals surface area contributed by atoms with Gasteiger partial charge in [-0.15, -0.1) is 0 Å². The highest BCUT2D eigenvalue weighted by Gasteiger charge is 2.12. The first-order chi connectivity index (χ1) is 5.45. The van der Waals surface area contributed by atoms with Crippen molar-refractivity contribution in [2.75, 3.05) is 13.2 Å². The molecule has 0 aliphatic rings. The molecule has 0 heterocycles. The molecule has 0 aliphatic carbocycles. The predicted molar refractivity (Wildman–Crippen MR) is 52.5 cm³/mol. The van der Waals surface area contributed by atoms with E-state index in [1.54, 1.807) is 0 Å². The zero-order valence-corrected chi connectivity index (χ0v) is 9.02. The van der Waals surface area contributed by atoms with E-state index >= 15 is 0 Å². The molecule has 1 amide bonds. The van der Waals surface area contributed by atoms with Crippen molar-refractivity contribution in [3.05, 3.63) is 12.7 Å². The van der Waals surface area contributed by atoms with E-state index in [0.29, 0.717) is 13.2 Å². The second-order valence-corrected chi connectivity index (χ2v) is 7.97. The Morgan fingerprint density at radius 3 is 2.58 bits per heavy atom. The van der Waals surface area contributed by atoms with Crippen molar-refractivity contribution in [1.29, 1.82) is 0 Å². The molecule has 70 valence electrons. The number of carbonyl (C=O) groups excluding carboxylic acids is 1. The van der Waals surface area contributed by atoms with Gasteiger partial charge in [-0.1, -0.05) is 6.58 Å². The van der Waals surface area contributed by atoms with E-state index in [1.165, 1.54) is 6.08 Å². The Morgan fingerprint density at radius 1 is 1.58 bits per heavy atom. The van der Waals surface area contributed by atoms with E-state index in [0.717, 1.165) is 0 Å². The molecule has 0 atom stereocenters. The summed E-state index contributed by atoms with van der Waals surface area (Å²) in [5, 5.41) is 2.65. The average Bonchev–Trinajstić information content (AvgIpc) is 1.96. The third kappa shape index (κ3) is 7.49. The summed E-state index contributed by atoms with van der Waals surface area (Å²) in [4.78, 5) is 10.7. The molecule has 0 bridgehead atoms. The van der Waals surface area contributed by atoms with Gasteiger partial charge in [0.05, 0.1) is 6.61 Å². The van der Waals surface area contributed by atoms with Gasteiger partial charge in [0.25, 0.3) is 0 Å². The molecule has 0 aromatic heterocycles. The fourth-order valence-electron chi connectivity index (χ4n) is 0.604. The van der Waals surface area contributed by atoms with Gasteiger partial charge in [0.15, 0.2) is 8.32 Å². The highest BCUT2D eigenvalue weighted by Crippen LogP contribution is 2.00. The fourth-order valence-corrected chi connectivity index (χ4v) is 1.32. The van der Waals surface area contributed by atoms with Crippen LogP contribution in [-0.4, -0.2) is 27.4 Å². The highest BCUT2D eigenvalue weighted by atomic mass is 28.4. The number of carbonyl (C=O) groups is 1. The van der Waals surface area contributed by atoms with E-state index in [4.69, 9.17) is 4.43 Å². The molecule has 0 unspecified atom stereocenters. The van der Waals surface area contributed by atoms with Crippen molar-refractivity contribution in [3.63, 3.8) is 0 Å². The van der Waals surface area contributed by atoms with Crippen LogP contribution in [0.5, 0.6) is 0 Å². The minimum Gasteiger partial charge on any atom is -0.416 e. The van der Waals surface area contributed by atoms with Crippen LogP contribution in [0.25, 0.3) is 0 Å². The summed E-state index contributed by atoms with van der Waals surface area (Å²) >= 11 is 0. The monoisotopic (exact) mass is 187 g/mol. The van der Waals surface area contributed by atoms with Crippen molar-refractivity contribution < 1.29 is 9.22 Å². The third-order valence-electron chi connectivity index (χ3n) is 1.12. The molecule has 1 N–H and O–H groups in total. The maximum atomic E-state index is 10.7. The zero-order chi connectivity index (χ0) is 9.61. The Balaban J connectivity index is 3.34. The van der Waals surface area contributed by atoms with Crippen LogP contribution in [0.4, 0.5) is 0 Å². The maximum absolute atomic E-state index is 10.7. The molecule has 0 fully saturated rings. The standard InChI is InChI=1S/C8H17NO2Si/c1-5-8(10)9-6-7-11-12(2,3)4/h5H,1,6-7H2,2-4H3,(H,9,10). The van der Waals surface area contributed by atoms with Crippen molar-refractivity contribution in [2.45, 2.75) is 19.6 Å². The van der Waals surface area contributed by atoms with Crippen molar-refractivity contribution in [1.82, 2.24) is 5.32 Å². The van der Waals surface area contributed by atoms with Gasteiger partial charge in [0.2, 0.25) is 5.91 Å². The predicted octanol–water partition coefficient (Wildman–Crippen LogP) is 1.14. The minimum atomic E-state index is -1.42. The SMILES string of the molecule is C=CC(=O)NCCO[Si](C)(C)C. The zero-order valence-electron chi connectivity index (χ0n) is 8.02. The summed E-state index contributed by atoms with van der Waals surface area (Å²) in [7, 11) is -1.42. The fraction of sp³-hybridized carbons (Fsp3) is 0.625. The van der Waals surface area contributed by atoms with Crippen LogP contribution in [0.1, 0.15) is 0 Å². The molecular formula is C8H17NO2Si. The van der Waals surface area contributed by atoms with Crippen molar-refractivity contribution in [2.24, 2.45) is 0 Å². The second-order valence-electron chi connectivity index (χ2n) is 3.46. The maximum Gasteiger partial charge on any atom is 0.243 e. The van der Waals surface area contributed by atoms with E-state index in [1.807, 2.05) is 0 Å². The first-order valence-corrected chi connectivity index (χ1v) is 7.41. The minimum absolute atomic E-state index is 0.144. The number of hydrogen-bond acceptors (Lipinski definition) is 2. The summed E-state index contributed by atoms with van der Waals surface area (Å²) in [6.07, 6.45) is 1.26. The van der Waals surface area contributed by atoms with E-state index in [2.05, 4.69) is 31.5 Å². The molecule has 0 aliphatic heterocycles. The first-order valence-electron chi connectivity index (χ1n) is 4.00. The molecule has 0 aromatic carbocycles. The Bertz CT molecular complexity index is 163. The van der Waals surface area contributed by atoms with E-state index in [9.17, 15) is 4.79 Å². The average molecular weight is 187 g/mol. The van der Waals surface area contributed by atoms with Crippen LogP contribution in [0.15, 0.2) is 12.7 Å². The van der Waals surface area contributed by atoms with Crippen LogP contribution >= 0.6 is 0 Å². The van der Waals surface area contributed by atoms with Gasteiger partial charge in [0.1, 0.15) is 0 Å². The molecule has 0 aromatic rings. The van der Waals surface area contributed by atoms with E-state index < -0.39 is 8.32 Å². The first kappa shape index (κ1) is 11.4. The smallest absolute Gasteiger partial charge is 0.243 e. The van der Waals surface area contributed by atoms with Crippen LogP contribution in [0, 0.1) is 0 Å². The largest absolute Gasteiger partial charge is 0.416 e. The van der Waals surface area contributed by atoms with Gasteiger partial charge in [-0.05, 0) is 25.7 Å². The number of rotatable bonds is 5. The summed E-state index contributed by atoms with van der Waals surface area (Å²) in [5.74, 6) is -0.144. The summed E-state index contributed by atoms with van der Waals surface area (Å²) in [6.45, 7) is 10.8. The number of amides is 1. The van der Waals surface area contributed by atoms with Crippen LogP contribution in [0.2, 0.25) is 19.6 Å². The highest BCUT2D eigenvalue weighted by molar-refractivity contribution is 6.69. The topological polar surface area (TPSA) is 38.3 Å². The molecule has 0 radical (unpaired) electrons. The summed E-state index contributed by atoms with van der Waals surface area (Å²) < 4.78 is 5.51. The summed E-state index contributed by atoms with van der Waals surface area (Å²) in [5.41, 5.74) is 0. The van der Waals surface area contributed by atoms with Gasteiger partial charge in [-0.2, -0.15) is 0 Å². The lowest BCUT2D eigenvalue weighted by molar-refractivity contribution is -0.116. The Morgan fingerprint density at radius 2 is 2.17 bits per heavy atom. The quantitative estimate of drug-likeness (QED) is 0.398. The second kappa shape index (κ2) is 5.11. The van der Waals surface area contributed by atoms with Crippen molar-refractivity contribution >= 4 is 14.2 Å². The Labute approximate surface area is 74.9 Å². The molecule has 4 heteroatoms. The van der Waals surface area contributed by atoms with Crippen molar-refractivity contribution in [3.8, 4) is 0 Å². The number of hydrogen-bond donors (Lipinski definition) is 1. The Kier molecular flexibility index (Phi) is 4.85. The van der Waals surface area contributed by atoms with Gasteiger partial charge in [0, 0.05) is 6.54 Å². The van der Waals surface area contributed by atoms with Crippen LogP contribution < -0.4 is 5.32 Å². The van der Waals surface area contributed by atoms with Gasteiger partial charge in [-0.3, -0.25) is 4.79 Å². The number of nitrogens with one attached hydrogen (secondary N) is 1. The molecule has 3 nitrogen and oxygen atoms in total. The van der Waals surface area contributed by atoms with Gasteiger partial charge in [-0.25, -0.2) is 0 Å².